The van der Waals surface area contributed by atoms with Crippen molar-refractivity contribution in [3.8, 4) is 6.07 Å². The molecular weight excluding hydrogens is 568 g/mol. The predicted molar refractivity (Wildman–Crippen MR) is 174 cm³/mol. The molecule has 0 bridgehead atoms. The average molecular weight is 610 g/mol. The van der Waals surface area contributed by atoms with E-state index in [1.165, 1.54) is 24.3 Å². The Morgan fingerprint density at radius 2 is 1.86 bits per heavy atom. The summed E-state index contributed by atoms with van der Waals surface area (Å²) < 4.78 is 35.7. The molecule has 0 fully saturated rings. The van der Waals surface area contributed by atoms with Crippen LogP contribution in [0.1, 0.15) is 95.7 Å². The highest BCUT2D eigenvalue weighted by Gasteiger charge is 2.18. The number of hydrogen-bond acceptors (Lipinski definition) is 6. The number of allylic oxidation sites excluding steroid dienone is 3. The third-order valence-electron chi connectivity index (χ3n) is 6.37. The SMILES string of the molecule is CC.CCC/C=C/C(=C\N=C(C)OCCCCCC)c1nc2c(NCc3cc(C#N)ccc3F)c(Cl)c(C)nc2cc1F. The van der Waals surface area contributed by atoms with Crippen molar-refractivity contribution in [2.75, 3.05) is 11.9 Å². The molecule has 2 aromatic heterocycles. The summed E-state index contributed by atoms with van der Waals surface area (Å²) in [5.74, 6) is -0.547. The number of aryl methyl sites for hydroxylation is 1. The second-order valence-electron chi connectivity index (χ2n) is 9.68. The third-order valence-corrected chi connectivity index (χ3v) is 6.83. The highest BCUT2D eigenvalue weighted by atomic mass is 35.5. The van der Waals surface area contributed by atoms with E-state index in [4.69, 9.17) is 16.3 Å². The van der Waals surface area contributed by atoms with E-state index >= 15 is 4.39 Å². The second kappa shape index (κ2) is 18.7. The molecule has 1 aromatic carbocycles. The Balaban J connectivity index is 0.00000316. The van der Waals surface area contributed by atoms with E-state index in [9.17, 15) is 9.65 Å². The Bertz CT molecular complexity index is 1490. The van der Waals surface area contributed by atoms with E-state index in [-0.39, 0.29) is 22.8 Å². The molecular formula is C34H42ClF2N5O. The number of fused-ring (bicyclic) bond motifs is 1. The Kier molecular flexibility index (Phi) is 15.3. The van der Waals surface area contributed by atoms with Gasteiger partial charge in [0.05, 0.1) is 40.2 Å². The Morgan fingerprint density at radius 3 is 2.56 bits per heavy atom. The van der Waals surface area contributed by atoms with Gasteiger partial charge in [0.2, 0.25) is 0 Å². The Hall–Kier alpha value is -3.83. The molecule has 0 radical (unpaired) electrons. The summed E-state index contributed by atoms with van der Waals surface area (Å²) in [6, 6.07) is 7.45. The molecule has 9 heteroatoms. The molecule has 43 heavy (non-hydrogen) atoms. The lowest BCUT2D eigenvalue weighted by atomic mass is 10.1. The van der Waals surface area contributed by atoms with Crippen molar-refractivity contribution in [1.29, 1.82) is 5.26 Å². The number of anilines is 1. The van der Waals surface area contributed by atoms with Gasteiger partial charge < -0.3 is 10.1 Å². The van der Waals surface area contributed by atoms with Gasteiger partial charge in [0.25, 0.3) is 0 Å². The monoisotopic (exact) mass is 609 g/mol. The number of aromatic nitrogens is 2. The van der Waals surface area contributed by atoms with Gasteiger partial charge in [0.1, 0.15) is 17.0 Å². The molecule has 0 atom stereocenters. The highest BCUT2D eigenvalue weighted by molar-refractivity contribution is 6.35. The number of unbranched alkanes of at least 4 members (excludes halogenated alkanes) is 4. The molecule has 3 rings (SSSR count). The zero-order chi connectivity index (χ0) is 31.8. The van der Waals surface area contributed by atoms with E-state index in [1.54, 1.807) is 26.1 Å². The molecule has 0 amide bonds. The summed E-state index contributed by atoms with van der Waals surface area (Å²) >= 11 is 6.62. The van der Waals surface area contributed by atoms with E-state index in [0.717, 1.165) is 38.5 Å². The van der Waals surface area contributed by atoms with E-state index in [0.29, 0.717) is 46.1 Å². The van der Waals surface area contributed by atoms with Crippen molar-refractivity contribution in [2.45, 2.75) is 86.6 Å². The van der Waals surface area contributed by atoms with Gasteiger partial charge >= 0.3 is 0 Å². The molecule has 1 N–H and O–H groups in total. The summed E-state index contributed by atoms with van der Waals surface area (Å²) in [6.07, 6.45) is 11.4. The minimum Gasteiger partial charge on any atom is -0.481 e. The topological polar surface area (TPSA) is 83.2 Å². The first-order valence-corrected chi connectivity index (χ1v) is 15.3. The van der Waals surface area contributed by atoms with Crippen LogP contribution in [-0.2, 0) is 11.3 Å². The number of nitrogens with zero attached hydrogens (tertiary/aromatic N) is 4. The maximum atomic E-state index is 15.5. The first kappa shape index (κ1) is 35.4. The van der Waals surface area contributed by atoms with Crippen LogP contribution in [0.15, 0.2) is 47.6 Å². The molecule has 230 valence electrons. The Morgan fingerprint density at radius 1 is 1.09 bits per heavy atom. The number of hydrogen-bond donors (Lipinski definition) is 1. The largest absolute Gasteiger partial charge is 0.481 e. The van der Waals surface area contributed by atoms with Gasteiger partial charge in [-0.1, -0.05) is 77.1 Å². The summed E-state index contributed by atoms with van der Waals surface area (Å²) in [4.78, 5) is 13.5. The van der Waals surface area contributed by atoms with Crippen LogP contribution in [0, 0.1) is 29.9 Å². The zero-order valence-corrected chi connectivity index (χ0v) is 26.8. The van der Waals surface area contributed by atoms with Crippen LogP contribution in [0.2, 0.25) is 5.02 Å². The van der Waals surface area contributed by atoms with Gasteiger partial charge in [-0.15, -0.1) is 0 Å². The smallest absolute Gasteiger partial charge is 0.184 e. The van der Waals surface area contributed by atoms with Crippen molar-refractivity contribution >= 4 is 39.8 Å². The van der Waals surface area contributed by atoms with E-state index in [1.807, 2.05) is 26.0 Å². The van der Waals surface area contributed by atoms with Crippen LogP contribution in [0.5, 0.6) is 0 Å². The fraction of sp³-hybridized carbons (Fsp3) is 0.412. The molecule has 2 heterocycles. The van der Waals surface area contributed by atoms with Gasteiger partial charge in [0, 0.05) is 36.9 Å². The van der Waals surface area contributed by atoms with Crippen LogP contribution in [0.3, 0.4) is 0 Å². The zero-order valence-electron chi connectivity index (χ0n) is 26.0. The molecule has 0 unspecified atom stereocenters. The fourth-order valence-corrected chi connectivity index (χ4v) is 4.30. The average Bonchev–Trinajstić information content (AvgIpc) is 3.01. The summed E-state index contributed by atoms with van der Waals surface area (Å²) in [7, 11) is 0. The number of benzene rings is 1. The maximum Gasteiger partial charge on any atom is 0.184 e. The number of aliphatic imine (C=N–C) groups is 1. The minimum atomic E-state index is -0.564. The summed E-state index contributed by atoms with van der Waals surface area (Å²) in [6.45, 7) is 12.3. The molecule has 3 aromatic rings. The minimum absolute atomic E-state index is 0.0339. The lowest BCUT2D eigenvalue weighted by Gasteiger charge is -2.15. The molecule has 0 aliphatic heterocycles. The molecule has 0 aliphatic rings. The second-order valence-corrected chi connectivity index (χ2v) is 10.1. The summed E-state index contributed by atoms with van der Waals surface area (Å²) in [5.41, 5.74) is 2.65. The van der Waals surface area contributed by atoms with Crippen molar-refractivity contribution in [1.82, 2.24) is 9.97 Å². The van der Waals surface area contributed by atoms with Crippen LogP contribution < -0.4 is 5.32 Å². The number of halogens is 3. The molecule has 0 aliphatic carbocycles. The number of rotatable bonds is 13. The van der Waals surface area contributed by atoms with Crippen LogP contribution in [0.4, 0.5) is 14.5 Å². The van der Waals surface area contributed by atoms with Crippen molar-refractivity contribution in [3.05, 3.63) is 81.8 Å². The van der Waals surface area contributed by atoms with Crippen LogP contribution >= 0.6 is 11.6 Å². The summed E-state index contributed by atoms with van der Waals surface area (Å²) in [5, 5.41) is 12.6. The van der Waals surface area contributed by atoms with Gasteiger partial charge in [-0.25, -0.2) is 23.7 Å². The lowest BCUT2D eigenvalue weighted by molar-refractivity contribution is 0.290. The highest BCUT2D eigenvalue weighted by Crippen LogP contribution is 2.34. The van der Waals surface area contributed by atoms with Crippen LogP contribution in [0.25, 0.3) is 16.6 Å². The quantitative estimate of drug-likeness (QED) is 0.0902. The van der Waals surface area contributed by atoms with Gasteiger partial charge in [-0.2, -0.15) is 5.26 Å². The first-order valence-electron chi connectivity index (χ1n) is 14.9. The van der Waals surface area contributed by atoms with E-state index < -0.39 is 11.6 Å². The molecule has 0 saturated carbocycles. The van der Waals surface area contributed by atoms with Gasteiger partial charge in [-0.05, 0) is 38.0 Å². The number of ether oxygens (including phenoxy) is 1. The number of nitrogens with one attached hydrogen (secondary N) is 1. The lowest BCUT2D eigenvalue weighted by Crippen LogP contribution is -2.07. The van der Waals surface area contributed by atoms with Gasteiger partial charge in [-0.3, -0.25) is 0 Å². The molecule has 0 spiro atoms. The molecule has 0 saturated heterocycles. The number of pyridine rings is 2. The fourth-order valence-electron chi connectivity index (χ4n) is 4.10. The van der Waals surface area contributed by atoms with Gasteiger partial charge in [0.15, 0.2) is 11.7 Å². The van der Waals surface area contributed by atoms with Crippen LogP contribution in [-0.4, -0.2) is 22.5 Å². The maximum absolute atomic E-state index is 15.5. The standard InChI is InChI=1S/C32H36ClF2N5O.C2H6/c1-5-7-9-11-15-41-22(4)37-19-24(12-10-8-6-2)30-27(35)17-28-31(40-30)32(29(33)21(3)39-28)38-20-25-16-23(18-36)13-14-26(25)34;1-2/h10,12-14,16-17,19H,5-9,11,15,20H2,1-4H3,(H,38,39);1-2H3/b12-10+,24-19+,37-22?;. The predicted octanol–water partition coefficient (Wildman–Crippen LogP) is 10.1. The molecule has 6 nitrogen and oxygen atoms in total. The number of nitriles is 1. The normalized spacial score (nSPS) is 11.8. The Labute approximate surface area is 259 Å². The van der Waals surface area contributed by atoms with Crippen molar-refractivity contribution in [3.63, 3.8) is 0 Å². The van der Waals surface area contributed by atoms with Crippen molar-refractivity contribution in [2.24, 2.45) is 4.99 Å². The third kappa shape index (κ3) is 10.4. The van der Waals surface area contributed by atoms with Crippen molar-refractivity contribution < 1.29 is 13.5 Å². The first-order chi connectivity index (χ1) is 20.8. The van der Waals surface area contributed by atoms with E-state index in [2.05, 4.69) is 34.1 Å².